The lowest BCUT2D eigenvalue weighted by Crippen LogP contribution is -2.13. The fourth-order valence-corrected chi connectivity index (χ4v) is 5.78. The van der Waals surface area contributed by atoms with Crippen LogP contribution in [0.5, 0.6) is 0 Å². The first-order valence-corrected chi connectivity index (χ1v) is 9.77. The van der Waals surface area contributed by atoms with E-state index in [9.17, 15) is 0 Å². The number of halogens is 1. The molecule has 2 heteroatoms. The van der Waals surface area contributed by atoms with Gasteiger partial charge in [-0.3, -0.25) is 0 Å². The van der Waals surface area contributed by atoms with Crippen LogP contribution in [0.1, 0.15) is 39.5 Å². The quantitative estimate of drug-likeness (QED) is 0.532. The van der Waals surface area contributed by atoms with Crippen LogP contribution >= 0.6 is 19.5 Å². The standard InChI is InChI=1S/C20H24ClP/c1-3-11-19(21)20(12-4-2)22(17-13-7-5-8-14-17)18-15-9-6-10-16-18/h5-10,13-16H,3-4,11-12H2,1-2H3. The van der Waals surface area contributed by atoms with Gasteiger partial charge >= 0.3 is 0 Å². The molecule has 0 aliphatic rings. The summed E-state index contributed by atoms with van der Waals surface area (Å²) in [4.78, 5) is 0. The van der Waals surface area contributed by atoms with Gasteiger partial charge in [0.05, 0.1) is 0 Å². The summed E-state index contributed by atoms with van der Waals surface area (Å²) in [6.07, 6.45) is 4.29. The van der Waals surface area contributed by atoms with E-state index in [2.05, 4.69) is 74.5 Å². The van der Waals surface area contributed by atoms with Gasteiger partial charge in [-0.2, -0.15) is 0 Å². The normalized spacial score (nSPS) is 12.4. The third-order valence-corrected chi connectivity index (χ3v) is 6.78. The Morgan fingerprint density at radius 1 is 0.773 bits per heavy atom. The summed E-state index contributed by atoms with van der Waals surface area (Å²) in [7, 11) is -0.523. The average Bonchev–Trinajstić information content (AvgIpc) is 2.56. The van der Waals surface area contributed by atoms with Crippen LogP contribution in [0.3, 0.4) is 0 Å². The van der Waals surface area contributed by atoms with Gasteiger partial charge in [0.1, 0.15) is 0 Å². The van der Waals surface area contributed by atoms with Crippen LogP contribution in [0.25, 0.3) is 0 Å². The zero-order valence-corrected chi connectivity index (χ0v) is 15.1. The van der Waals surface area contributed by atoms with Gasteiger partial charge < -0.3 is 0 Å². The fourth-order valence-electron chi connectivity index (χ4n) is 2.58. The van der Waals surface area contributed by atoms with Gasteiger partial charge in [0.15, 0.2) is 0 Å². The first kappa shape index (κ1) is 17.3. The first-order chi connectivity index (χ1) is 10.8. The molecule has 2 aromatic rings. The predicted molar refractivity (Wildman–Crippen MR) is 102 cm³/mol. The van der Waals surface area contributed by atoms with Crippen LogP contribution in [0.4, 0.5) is 0 Å². The Balaban J connectivity index is 2.54. The highest BCUT2D eigenvalue weighted by molar-refractivity contribution is 7.76. The van der Waals surface area contributed by atoms with Gasteiger partial charge in [0.2, 0.25) is 0 Å². The second kappa shape index (κ2) is 9.13. The molecule has 116 valence electrons. The van der Waals surface area contributed by atoms with Crippen molar-refractivity contribution in [2.24, 2.45) is 0 Å². The molecule has 0 N–H and O–H groups in total. The Kier molecular flexibility index (Phi) is 7.16. The van der Waals surface area contributed by atoms with Gasteiger partial charge in [-0.05, 0) is 36.7 Å². The van der Waals surface area contributed by atoms with Gasteiger partial charge in [-0.1, -0.05) is 99.0 Å². The summed E-state index contributed by atoms with van der Waals surface area (Å²) in [5.74, 6) is 0. The molecule has 0 aromatic heterocycles. The van der Waals surface area contributed by atoms with E-state index in [0.717, 1.165) is 30.7 Å². The monoisotopic (exact) mass is 330 g/mol. The number of rotatable bonds is 7. The van der Waals surface area contributed by atoms with E-state index in [-0.39, 0.29) is 0 Å². The molecule has 0 radical (unpaired) electrons. The molecule has 0 fully saturated rings. The van der Waals surface area contributed by atoms with Crippen LogP contribution in [-0.4, -0.2) is 0 Å². The van der Waals surface area contributed by atoms with Crippen LogP contribution in [-0.2, 0) is 0 Å². The summed E-state index contributed by atoms with van der Waals surface area (Å²) in [5, 5.41) is 5.30. The smallest absolute Gasteiger partial charge is 0.0223 e. The highest BCUT2D eigenvalue weighted by atomic mass is 35.5. The highest BCUT2D eigenvalue weighted by Crippen LogP contribution is 2.48. The zero-order chi connectivity index (χ0) is 15.8. The highest BCUT2D eigenvalue weighted by Gasteiger charge is 2.20. The van der Waals surface area contributed by atoms with Crippen molar-refractivity contribution in [3.05, 3.63) is 71.0 Å². The van der Waals surface area contributed by atoms with E-state index < -0.39 is 7.92 Å². The van der Waals surface area contributed by atoms with Gasteiger partial charge in [-0.25, -0.2) is 0 Å². The van der Waals surface area contributed by atoms with Crippen molar-refractivity contribution in [3.63, 3.8) is 0 Å². The maximum Gasteiger partial charge on any atom is 0.0223 e. The molecule has 0 heterocycles. The number of benzene rings is 2. The lowest BCUT2D eigenvalue weighted by atomic mass is 10.2. The summed E-state index contributed by atoms with van der Waals surface area (Å²) in [6.45, 7) is 4.43. The van der Waals surface area contributed by atoms with Gasteiger partial charge in [0, 0.05) is 5.03 Å². The van der Waals surface area contributed by atoms with E-state index in [1.807, 2.05) is 0 Å². The molecule has 0 spiro atoms. The number of allylic oxidation sites excluding steroid dienone is 2. The van der Waals surface area contributed by atoms with Crippen molar-refractivity contribution < 1.29 is 0 Å². The predicted octanol–water partition coefficient (Wildman–Crippen LogP) is 6.17. The number of hydrogen-bond acceptors (Lipinski definition) is 0. The molecule has 0 amide bonds. The minimum atomic E-state index is -0.523. The molecule has 0 aliphatic heterocycles. The van der Waals surface area contributed by atoms with Crippen LogP contribution in [0.2, 0.25) is 0 Å². The molecule has 0 saturated carbocycles. The molecule has 0 saturated heterocycles. The van der Waals surface area contributed by atoms with Gasteiger partial charge in [-0.15, -0.1) is 0 Å². The fraction of sp³-hybridized carbons (Fsp3) is 0.300. The molecule has 2 rings (SSSR count). The van der Waals surface area contributed by atoms with Crippen molar-refractivity contribution >= 4 is 30.1 Å². The minimum absolute atomic E-state index is 0.523. The lowest BCUT2D eigenvalue weighted by molar-refractivity contribution is 0.900. The van der Waals surface area contributed by atoms with Crippen LogP contribution in [0.15, 0.2) is 71.0 Å². The Morgan fingerprint density at radius 2 is 1.23 bits per heavy atom. The number of hydrogen-bond donors (Lipinski definition) is 0. The molecule has 2 aromatic carbocycles. The van der Waals surface area contributed by atoms with Crippen LogP contribution < -0.4 is 10.6 Å². The zero-order valence-electron chi connectivity index (χ0n) is 13.4. The van der Waals surface area contributed by atoms with Crippen molar-refractivity contribution in [1.82, 2.24) is 0 Å². The van der Waals surface area contributed by atoms with Crippen molar-refractivity contribution in [2.45, 2.75) is 39.5 Å². The van der Waals surface area contributed by atoms with Crippen LogP contribution in [0, 0.1) is 0 Å². The minimum Gasteiger partial charge on any atom is -0.0888 e. The molecular weight excluding hydrogens is 307 g/mol. The summed E-state index contributed by atoms with van der Waals surface area (Å²) in [5.41, 5.74) is 0. The largest absolute Gasteiger partial charge is 0.0888 e. The average molecular weight is 331 g/mol. The Hall–Kier alpha value is -1.10. The first-order valence-electron chi connectivity index (χ1n) is 8.05. The SMILES string of the molecule is CCCC(Cl)=C(CCC)P(c1ccccc1)c1ccccc1. The van der Waals surface area contributed by atoms with Crippen molar-refractivity contribution in [1.29, 1.82) is 0 Å². The summed E-state index contributed by atoms with van der Waals surface area (Å²) < 4.78 is 0. The maximum absolute atomic E-state index is 6.72. The van der Waals surface area contributed by atoms with Crippen molar-refractivity contribution in [3.8, 4) is 0 Å². The third kappa shape index (κ3) is 4.45. The molecule has 0 atom stereocenters. The maximum atomic E-state index is 6.72. The lowest BCUT2D eigenvalue weighted by Gasteiger charge is -2.23. The molecule has 0 bridgehead atoms. The molecule has 0 aliphatic carbocycles. The molecular formula is C20H24ClP. The van der Waals surface area contributed by atoms with E-state index in [4.69, 9.17) is 11.6 Å². The Labute approximate surface area is 141 Å². The summed E-state index contributed by atoms with van der Waals surface area (Å²) >= 11 is 6.72. The Bertz CT molecular complexity index is 550. The molecule has 0 nitrogen and oxygen atoms in total. The topological polar surface area (TPSA) is 0 Å². The van der Waals surface area contributed by atoms with Gasteiger partial charge in [0.25, 0.3) is 0 Å². The van der Waals surface area contributed by atoms with E-state index in [0.29, 0.717) is 0 Å². The Morgan fingerprint density at radius 3 is 1.64 bits per heavy atom. The second-order valence-corrected chi connectivity index (χ2v) is 8.06. The van der Waals surface area contributed by atoms with Crippen molar-refractivity contribution in [2.75, 3.05) is 0 Å². The molecule has 22 heavy (non-hydrogen) atoms. The van der Waals surface area contributed by atoms with E-state index >= 15 is 0 Å². The third-order valence-electron chi connectivity index (χ3n) is 3.57. The summed E-state index contributed by atoms with van der Waals surface area (Å²) in [6, 6.07) is 21.6. The van der Waals surface area contributed by atoms with E-state index in [1.165, 1.54) is 15.9 Å². The van der Waals surface area contributed by atoms with E-state index in [1.54, 1.807) is 0 Å². The second-order valence-electron chi connectivity index (χ2n) is 5.36. The molecule has 0 unspecified atom stereocenters.